The van der Waals surface area contributed by atoms with Crippen LogP contribution in [0, 0.1) is 5.92 Å². The number of imidazole rings is 1. The smallest absolute Gasteiger partial charge is 0.225 e. The fraction of sp³-hybridized carbons (Fsp3) is 0.467. The van der Waals surface area contributed by atoms with Gasteiger partial charge in [-0.05, 0) is 12.8 Å². The van der Waals surface area contributed by atoms with Crippen LogP contribution < -0.4 is 4.90 Å². The van der Waals surface area contributed by atoms with Gasteiger partial charge in [-0.1, -0.05) is 0 Å². The van der Waals surface area contributed by atoms with Crippen LogP contribution in [0.1, 0.15) is 12.8 Å². The summed E-state index contributed by atoms with van der Waals surface area (Å²) in [4.78, 5) is 29.0. The Bertz CT molecular complexity index is 658. The van der Waals surface area contributed by atoms with Crippen molar-refractivity contribution in [3.63, 3.8) is 0 Å². The largest absolute Gasteiger partial charge is 0.353 e. The van der Waals surface area contributed by atoms with E-state index in [2.05, 4.69) is 19.9 Å². The highest BCUT2D eigenvalue weighted by molar-refractivity contribution is 5.81. The number of anilines is 1. The maximum Gasteiger partial charge on any atom is 0.225 e. The average molecular weight is 298 g/mol. The molecule has 1 saturated heterocycles. The van der Waals surface area contributed by atoms with Gasteiger partial charge in [0.2, 0.25) is 5.91 Å². The number of amides is 1. The number of aromatic nitrogens is 4. The Morgan fingerprint density at radius 3 is 2.55 bits per heavy atom. The number of carbonyl (C=O) groups excluding carboxylic acids is 1. The first-order valence-corrected chi connectivity index (χ1v) is 7.65. The first-order valence-electron chi connectivity index (χ1n) is 7.65. The molecule has 1 saturated carbocycles. The van der Waals surface area contributed by atoms with E-state index in [1.807, 2.05) is 21.7 Å². The summed E-state index contributed by atoms with van der Waals surface area (Å²) in [6, 6.07) is 1.96. The number of hydrogen-bond donors (Lipinski definition) is 0. The van der Waals surface area contributed by atoms with Gasteiger partial charge in [-0.15, -0.1) is 0 Å². The number of piperazine rings is 1. The predicted octanol–water partition coefficient (Wildman–Crippen LogP) is 0.721. The SMILES string of the molecule is O=C(C1CC1)N1CCN(c2cc(-n3ccnc3)ncn2)CC1. The van der Waals surface area contributed by atoms with Crippen LogP contribution in [0.15, 0.2) is 31.1 Å². The molecule has 0 unspecified atom stereocenters. The molecule has 1 amide bonds. The molecule has 1 aliphatic heterocycles. The minimum atomic E-state index is 0.304. The lowest BCUT2D eigenvalue weighted by Gasteiger charge is -2.35. The van der Waals surface area contributed by atoms with E-state index in [9.17, 15) is 4.79 Å². The van der Waals surface area contributed by atoms with E-state index in [4.69, 9.17) is 0 Å². The number of hydrogen-bond acceptors (Lipinski definition) is 5. The molecule has 0 aromatic carbocycles. The Labute approximate surface area is 128 Å². The monoisotopic (exact) mass is 298 g/mol. The molecule has 7 heteroatoms. The fourth-order valence-corrected chi connectivity index (χ4v) is 2.79. The Balaban J connectivity index is 1.45. The van der Waals surface area contributed by atoms with Crippen molar-refractivity contribution in [1.82, 2.24) is 24.4 Å². The van der Waals surface area contributed by atoms with E-state index >= 15 is 0 Å². The first kappa shape index (κ1) is 13.2. The second-order valence-electron chi connectivity index (χ2n) is 5.79. The van der Waals surface area contributed by atoms with Crippen molar-refractivity contribution in [3.05, 3.63) is 31.1 Å². The van der Waals surface area contributed by atoms with Crippen LogP contribution in [-0.4, -0.2) is 56.5 Å². The molecule has 2 fully saturated rings. The van der Waals surface area contributed by atoms with Crippen molar-refractivity contribution in [2.75, 3.05) is 31.1 Å². The maximum absolute atomic E-state index is 12.1. The van der Waals surface area contributed by atoms with Gasteiger partial charge in [-0.2, -0.15) is 0 Å². The number of rotatable bonds is 3. The third-order valence-corrected chi connectivity index (χ3v) is 4.25. The van der Waals surface area contributed by atoms with Gasteiger partial charge >= 0.3 is 0 Å². The van der Waals surface area contributed by atoms with E-state index in [0.717, 1.165) is 50.7 Å². The lowest BCUT2D eigenvalue weighted by Crippen LogP contribution is -2.49. The molecule has 0 N–H and O–H groups in total. The van der Waals surface area contributed by atoms with Crippen molar-refractivity contribution in [3.8, 4) is 5.82 Å². The van der Waals surface area contributed by atoms with Crippen molar-refractivity contribution in [2.24, 2.45) is 5.92 Å². The summed E-state index contributed by atoms with van der Waals surface area (Å²) in [5.41, 5.74) is 0. The maximum atomic E-state index is 12.1. The van der Waals surface area contributed by atoms with Gasteiger partial charge in [0.25, 0.3) is 0 Å². The molecule has 114 valence electrons. The minimum absolute atomic E-state index is 0.304. The van der Waals surface area contributed by atoms with E-state index in [0.29, 0.717) is 11.8 Å². The first-order chi connectivity index (χ1) is 10.8. The quantitative estimate of drug-likeness (QED) is 0.835. The van der Waals surface area contributed by atoms with Gasteiger partial charge < -0.3 is 9.80 Å². The molecular weight excluding hydrogens is 280 g/mol. The van der Waals surface area contributed by atoms with Crippen LogP contribution in [0.25, 0.3) is 5.82 Å². The van der Waals surface area contributed by atoms with Crippen LogP contribution in [0.4, 0.5) is 5.82 Å². The molecule has 3 heterocycles. The molecule has 22 heavy (non-hydrogen) atoms. The van der Waals surface area contributed by atoms with Crippen LogP contribution in [0.3, 0.4) is 0 Å². The van der Waals surface area contributed by atoms with Gasteiger partial charge in [-0.3, -0.25) is 9.36 Å². The van der Waals surface area contributed by atoms with Crippen molar-refractivity contribution < 1.29 is 4.79 Å². The van der Waals surface area contributed by atoms with E-state index in [1.165, 1.54) is 0 Å². The van der Waals surface area contributed by atoms with Crippen molar-refractivity contribution >= 4 is 11.7 Å². The zero-order chi connectivity index (χ0) is 14.9. The Morgan fingerprint density at radius 1 is 1.09 bits per heavy atom. The summed E-state index contributed by atoms with van der Waals surface area (Å²) in [5, 5.41) is 0. The summed E-state index contributed by atoms with van der Waals surface area (Å²) in [7, 11) is 0. The van der Waals surface area contributed by atoms with E-state index in [1.54, 1.807) is 18.9 Å². The highest BCUT2D eigenvalue weighted by atomic mass is 16.2. The summed E-state index contributed by atoms with van der Waals surface area (Å²) in [5.74, 6) is 2.34. The molecule has 7 nitrogen and oxygen atoms in total. The van der Waals surface area contributed by atoms with Gasteiger partial charge in [0.1, 0.15) is 24.3 Å². The van der Waals surface area contributed by atoms with E-state index in [-0.39, 0.29) is 0 Å². The minimum Gasteiger partial charge on any atom is -0.353 e. The van der Waals surface area contributed by atoms with Gasteiger partial charge in [0, 0.05) is 50.6 Å². The van der Waals surface area contributed by atoms with Crippen molar-refractivity contribution in [1.29, 1.82) is 0 Å². The van der Waals surface area contributed by atoms with Crippen LogP contribution in [0.5, 0.6) is 0 Å². The lowest BCUT2D eigenvalue weighted by molar-refractivity contribution is -0.132. The number of carbonyl (C=O) groups is 1. The molecule has 4 rings (SSSR count). The molecule has 2 aromatic heterocycles. The second-order valence-corrected chi connectivity index (χ2v) is 5.79. The second kappa shape index (κ2) is 5.40. The fourth-order valence-electron chi connectivity index (χ4n) is 2.79. The Hall–Kier alpha value is -2.44. The van der Waals surface area contributed by atoms with Gasteiger partial charge in [0.05, 0.1) is 0 Å². The molecule has 0 bridgehead atoms. The highest BCUT2D eigenvalue weighted by Gasteiger charge is 2.34. The molecule has 0 radical (unpaired) electrons. The van der Waals surface area contributed by atoms with E-state index < -0.39 is 0 Å². The molecule has 2 aliphatic rings. The summed E-state index contributed by atoms with van der Waals surface area (Å²) in [6.07, 6.45) is 9.02. The Morgan fingerprint density at radius 2 is 1.86 bits per heavy atom. The number of nitrogens with zero attached hydrogens (tertiary/aromatic N) is 6. The summed E-state index contributed by atoms with van der Waals surface area (Å²) < 4.78 is 1.86. The zero-order valence-electron chi connectivity index (χ0n) is 12.3. The van der Waals surface area contributed by atoms with Gasteiger partial charge in [-0.25, -0.2) is 15.0 Å². The molecule has 2 aromatic rings. The van der Waals surface area contributed by atoms with Crippen molar-refractivity contribution in [2.45, 2.75) is 12.8 Å². The molecular formula is C15H18N6O. The Kier molecular flexibility index (Phi) is 3.25. The summed E-state index contributed by atoms with van der Waals surface area (Å²) in [6.45, 7) is 3.19. The normalized spacial score (nSPS) is 18.5. The van der Waals surface area contributed by atoms with Crippen LogP contribution in [0.2, 0.25) is 0 Å². The van der Waals surface area contributed by atoms with Crippen LogP contribution >= 0.6 is 0 Å². The topological polar surface area (TPSA) is 67.2 Å². The lowest BCUT2D eigenvalue weighted by atomic mass is 10.2. The predicted molar refractivity (Wildman–Crippen MR) is 80.7 cm³/mol. The van der Waals surface area contributed by atoms with Crippen LogP contribution in [-0.2, 0) is 4.79 Å². The summed E-state index contributed by atoms with van der Waals surface area (Å²) >= 11 is 0. The standard InChI is InChI=1S/C15H18N6O/c22-15(12-1-2-12)20-7-5-19(6-8-20)13-9-14(18-10-17-13)21-4-3-16-11-21/h3-4,9-12H,1-2,5-8H2. The third kappa shape index (κ3) is 2.54. The third-order valence-electron chi connectivity index (χ3n) is 4.25. The molecule has 0 atom stereocenters. The highest BCUT2D eigenvalue weighted by Crippen LogP contribution is 2.31. The average Bonchev–Trinajstić information content (AvgIpc) is 3.28. The van der Waals surface area contributed by atoms with Gasteiger partial charge in [0.15, 0.2) is 0 Å². The zero-order valence-corrected chi connectivity index (χ0v) is 12.3. The molecule has 1 aliphatic carbocycles. The molecule has 0 spiro atoms.